The Morgan fingerprint density at radius 3 is 2.21 bits per heavy atom. The number of para-hydroxylation sites is 1. The zero-order valence-corrected chi connectivity index (χ0v) is 11.5. The fraction of sp³-hybridized carbons (Fsp3) is 0.235. The van der Waals surface area contributed by atoms with Crippen LogP contribution in [0.3, 0.4) is 0 Å². The average Bonchev–Trinajstić information content (AvgIpc) is 2.39. The fourth-order valence-corrected chi connectivity index (χ4v) is 1.98. The molecule has 0 radical (unpaired) electrons. The molecule has 2 heteroatoms. The number of aldehydes is 1. The van der Waals surface area contributed by atoms with Crippen molar-refractivity contribution in [2.45, 2.75) is 26.2 Å². The Kier molecular flexibility index (Phi) is 3.70. The summed E-state index contributed by atoms with van der Waals surface area (Å²) in [6, 6.07) is 15.2. The Morgan fingerprint density at radius 1 is 0.947 bits per heavy atom. The van der Waals surface area contributed by atoms with Gasteiger partial charge in [0.05, 0.1) is 0 Å². The highest BCUT2D eigenvalue weighted by atomic mass is 16.5. The molecule has 0 fully saturated rings. The zero-order chi connectivity index (χ0) is 13.9. The number of ether oxygens (including phenoxy) is 1. The SMILES string of the molecule is CC(C)(C)c1cc(Oc2ccccc2)ccc1C=O. The van der Waals surface area contributed by atoms with Crippen LogP contribution in [0.15, 0.2) is 48.5 Å². The van der Waals surface area contributed by atoms with Gasteiger partial charge in [-0.25, -0.2) is 0 Å². The summed E-state index contributed by atoms with van der Waals surface area (Å²) in [5.74, 6) is 1.54. The first-order valence-corrected chi connectivity index (χ1v) is 6.33. The summed E-state index contributed by atoms with van der Waals surface area (Å²) in [6.45, 7) is 6.25. The van der Waals surface area contributed by atoms with Crippen LogP contribution in [-0.2, 0) is 5.41 Å². The monoisotopic (exact) mass is 254 g/mol. The predicted octanol–water partition coefficient (Wildman–Crippen LogP) is 4.59. The number of carbonyl (C=O) groups is 1. The molecule has 98 valence electrons. The van der Waals surface area contributed by atoms with Crippen molar-refractivity contribution in [2.24, 2.45) is 0 Å². The van der Waals surface area contributed by atoms with Crippen LogP contribution in [0.1, 0.15) is 36.7 Å². The maximum Gasteiger partial charge on any atom is 0.150 e. The van der Waals surface area contributed by atoms with E-state index in [9.17, 15) is 4.79 Å². The molecule has 0 heterocycles. The molecule has 0 amide bonds. The first-order valence-electron chi connectivity index (χ1n) is 6.33. The molecule has 0 aliphatic rings. The minimum absolute atomic E-state index is 0.0910. The highest BCUT2D eigenvalue weighted by molar-refractivity contribution is 5.78. The van der Waals surface area contributed by atoms with Crippen LogP contribution in [0.25, 0.3) is 0 Å². The summed E-state index contributed by atoms with van der Waals surface area (Å²) in [5.41, 5.74) is 1.62. The lowest BCUT2D eigenvalue weighted by atomic mass is 9.84. The molecule has 0 aliphatic heterocycles. The average molecular weight is 254 g/mol. The quantitative estimate of drug-likeness (QED) is 0.749. The van der Waals surface area contributed by atoms with E-state index in [1.807, 2.05) is 48.5 Å². The Balaban J connectivity index is 2.36. The molecule has 0 aromatic heterocycles. The van der Waals surface area contributed by atoms with E-state index in [-0.39, 0.29) is 5.41 Å². The standard InChI is InChI=1S/C17H18O2/c1-17(2,3)16-11-15(10-9-13(16)12-18)19-14-7-5-4-6-8-14/h4-12H,1-3H3. The number of benzene rings is 2. The lowest BCUT2D eigenvalue weighted by Crippen LogP contribution is -2.14. The molecule has 0 bridgehead atoms. The molecule has 0 saturated heterocycles. The van der Waals surface area contributed by atoms with Crippen molar-refractivity contribution in [1.82, 2.24) is 0 Å². The van der Waals surface area contributed by atoms with Crippen molar-refractivity contribution in [3.8, 4) is 11.5 Å². The molecule has 0 atom stereocenters. The lowest BCUT2D eigenvalue weighted by Gasteiger charge is -2.21. The summed E-state index contributed by atoms with van der Waals surface area (Å²) in [5, 5.41) is 0. The molecule has 2 aromatic rings. The number of hydrogen-bond donors (Lipinski definition) is 0. The second-order valence-electron chi connectivity index (χ2n) is 5.53. The van der Waals surface area contributed by atoms with Gasteiger partial charge in [-0.15, -0.1) is 0 Å². The van der Waals surface area contributed by atoms with E-state index in [1.165, 1.54) is 0 Å². The molecule has 0 N–H and O–H groups in total. The van der Waals surface area contributed by atoms with Gasteiger partial charge in [-0.3, -0.25) is 4.79 Å². The second-order valence-corrected chi connectivity index (χ2v) is 5.53. The van der Waals surface area contributed by atoms with Crippen molar-refractivity contribution in [3.63, 3.8) is 0 Å². The van der Waals surface area contributed by atoms with Gasteiger partial charge in [0.15, 0.2) is 0 Å². The number of hydrogen-bond acceptors (Lipinski definition) is 2. The van der Waals surface area contributed by atoms with E-state index in [1.54, 1.807) is 0 Å². The molecule has 2 rings (SSSR count). The third-order valence-corrected chi connectivity index (χ3v) is 2.94. The molecule has 0 spiro atoms. The van der Waals surface area contributed by atoms with Crippen LogP contribution in [0.4, 0.5) is 0 Å². The van der Waals surface area contributed by atoms with Gasteiger partial charge in [-0.2, -0.15) is 0 Å². The molecular formula is C17H18O2. The summed E-state index contributed by atoms with van der Waals surface area (Å²) in [4.78, 5) is 11.1. The summed E-state index contributed by atoms with van der Waals surface area (Å²) >= 11 is 0. The summed E-state index contributed by atoms with van der Waals surface area (Å²) in [6.07, 6.45) is 0.896. The van der Waals surface area contributed by atoms with E-state index in [2.05, 4.69) is 20.8 Å². The van der Waals surface area contributed by atoms with Gasteiger partial charge in [0.25, 0.3) is 0 Å². The number of carbonyl (C=O) groups excluding carboxylic acids is 1. The van der Waals surface area contributed by atoms with E-state index < -0.39 is 0 Å². The molecule has 0 saturated carbocycles. The lowest BCUT2D eigenvalue weighted by molar-refractivity contribution is 0.112. The van der Waals surface area contributed by atoms with Crippen molar-refractivity contribution < 1.29 is 9.53 Å². The van der Waals surface area contributed by atoms with Crippen LogP contribution < -0.4 is 4.74 Å². The normalized spacial score (nSPS) is 11.1. The summed E-state index contributed by atoms with van der Waals surface area (Å²) < 4.78 is 5.80. The van der Waals surface area contributed by atoms with Crippen LogP contribution >= 0.6 is 0 Å². The van der Waals surface area contributed by atoms with E-state index in [4.69, 9.17) is 4.74 Å². The van der Waals surface area contributed by atoms with Gasteiger partial charge in [-0.1, -0.05) is 39.0 Å². The minimum atomic E-state index is -0.0910. The van der Waals surface area contributed by atoms with Gasteiger partial charge in [0, 0.05) is 5.56 Å². The third kappa shape index (κ3) is 3.22. The topological polar surface area (TPSA) is 26.3 Å². The van der Waals surface area contributed by atoms with Crippen LogP contribution in [-0.4, -0.2) is 6.29 Å². The van der Waals surface area contributed by atoms with E-state index >= 15 is 0 Å². The molecule has 2 nitrogen and oxygen atoms in total. The maximum atomic E-state index is 11.1. The third-order valence-electron chi connectivity index (χ3n) is 2.94. The van der Waals surface area contributed by atoms with Crippen molar-refractivity contribution in [1.29, 1.82) is 0 Å². The van der Waals surface area contributed by atoms with Crippen molar-refractivity contribution in [3.05, 3.63) is 59.7 Å². The van der Waals surface area contributed by atoms with Crippen LogP contribution in [0, 0.1) is 0 Å². The Hall–Kier alpha value is -2.09. The summed E-state index contributed by atoms with van der Waals surface area (Å²) in [7, 11) is 0. The van der Waals surface area contributed by atoms with Gasteiger partial charge in [0.2, 0.25) is 0 Å². The molecular weight excluding hydrogens is 236 g/mol. The first-order chi connectivity index (χ1) is 9.00. The van der Waals surface area contributed by atoms with Gasteiger partial charge < -0.3 is 4.74 Å². The second kappa shape index (κ2) is 5.27. The zero-order valence-electron chi connectivity index (χ0n) is 11.5. The van der Waals surface area contributed by atoms with Gasteiger partial charge in [-0.05, 0) is 41.3 Å². The largest absolute Gasteiger partial charge is 0.457 e. The van der Waals surface area contributed by atoms with Crippen molar-refractivity contribution in [2.75, 3.05) is 0 Å². The van der Waals surface area contributed by atoms with Crippen LogP contribution in [0.2, 0.25) is 0 Å². The Morgan fingerprint density at radius 2 is 1.63 bits per heavy atom. The highest BCUT2D eigenvalue weighted by Gasteiger charge is 2.18. The Bertz CT molecular complexity index is 566. The molecule has 19 heavy (non-hydrogen) atoms. The molecule has 0 unspecified atom stereocenters. The van der Waals surface area contributed by atoms with E-state index in [0.717, 1.165) is 23.3 Å². The fourth-order valence-electron chi connectivity index (χ4n) is 1.98. The predicted molar refractivity (Wildman–Crippen MR) is 77.0 cm³/mol. The van der Waals surface area contributed by atoms with E-state index in [0.29, 0.717) is 5.56 Å². The Labute approximate surface area is 114 Å². The highest BCUT2D eigenvalue weighted by Crippen LogP contribution is 2.30. The smallest absolute Gasteiger partial charge is 0.150 e. The molecule has 0 aliphatic carbocycles. The van der Waals surface area contributed by atoms with Crippen molar-refractivity contribution >= 4 is 6.29 Å². The first kappa shape index (κ1) is 13.3. The maximum absolute atomic E-state index is 11.1. The van der Waals surface area contributed by atoms with Gasteiger partial charge >= 0.3 is 0 Å². The minimum Gasteiger partial charge on any atom is -0.457 e. The van der Waals surface area contributed by atoms with Gasteiger partial charge in [0.1, 0.15) is 17.8 Å². The molecule has 2 aromatic carbocycles. The van der Waals surface area contributed by atoms with Crippen LogP contribution in [0.5, 0.6) is 11.5 Å². The number of rotatable bonds is 3.